The Kier molecular flexibility index (Phi) is 3.96. The topological polar surface area (TPSA) is 44.8 Å². The first-order valence-electron chi connectivity index (χ1n) is 4.14. The summed E-state index contributed by atoms with van der Waals surface area (Å²) < 4.78 is 15.4. The molecule has 0 bridgehead atoms. The summed E-state index contributed by atoms with van der Waals surface area (Å²) in [6, 6.07) is 3.26. The first-order chi connectivity index (χ1) is 7.15. The van der Waals surface area contributed by atoms with Crippen LogP contribution < -0.4 is 9.47 Å². The van der Waals surface area contributed by atoms with Gasteiger partial charge in [0.2, 0.25) is 0 Å². The van der Waals surface area contributed by atoms with Gasteiger partial charge in [-0.1, -0.05) is 0 Å². The minimum absolute atomic E-state index is 0.398. The minimum atomic E-state index is -0.428. The molecule has 0 saturated carbocycles. The maximum absolute atomic E-state index is 11.4. The first-order valence-corrected chi connectivity index (χ1v) is 4.93. The molecule has 0 atom stereocenters. The fraction of sp³-hybridized carbons (Fsp3) is 0.300. The fourth-order valence-electron chi connectivity index (χ4n) is 1.16. The first kappa shape index (κ1) is 11.8. The highest BCUT2D eigenvalue weighted by Crippen LogP contribution is 2.37. The van der Waals surface area contributed by atoms with E-state index in [2.05, 4.69) is 20.7 Å². The quantitative estimate of drug-likeness (QED) is 0.794. The van der Waals surface area contributed by atoms with Crippen molar-refractivity contribution in [3.8, 4) is 11.5 Å². The van der Waals surface area contributed by atoms with Crippen molar-refractivity contribution in [2.75, 3.05) is 21.3 Å². The van der Waals surface area contributed by atoms with Crippen LogP contribution in [-0.4, -0.2) is 27.3 Å². The number of ether oxygens (including phenoxy) is 3. The Morgan fingerprint density at radius 2 is 1.87 bits per heavy atom. The van der Waals surface area contributed by atoms with Crippen LogP contribution in [0.3, 0.4) is 0 Å². The highest BCUT2D eigenvalue weighted by atomic mass is 79.9. The molecule has 0 heterocycles. The number of carbonyl (C=O) groups is 1. The molecular formula is C10H11BrO4. The van der Waals surface area contributed by atoms with E-state index in [1.54, 1.807) is 12.1 Å². The second kappa shape index (κ2) is 5.02. The van der Waals surface area contributed by atoms with E-state index in [1.165, 1.54) is 21.3 Å². The predicted molar refractivity (Wildman–Crippen MR) is 58.6 cm³/mol. The molecule has 0 fully saturated rings. The van der Waals surface area contributed by atoms with Crippen LogP contribution in [0.2, 0.25) is 0 Å². The Labute approximate surface area is 96.3 Å². The van der Waals surface area contributed by atoms with Crippen molar-refractivity contribution in [1.29, 1.82) is 0 Å². The maximum Gasteiger partial charge on any atom is 0.339 e. The average Bonchev–Trinajstić information content (AvgIpc) is 2.27. The zero-order valence-corrected chi connectivity index (χ0v) is 10.3. The van der Waals surface area contributed by atoms with Gasteiger partial charge in [0.1, 0.15) is 0 Å². The van der Waals surface area contributed by atoms with Crippen LogP contribution in [0.1, 0.15) is 10.4 Å². The van der Waals surface area contributed by atoms with E-state index in [1.807, 2.05) is 0 Å². The van der Waals surface area contributed by atoms with Crippen molar-refractivity contribution in [2.24, 2.45) is 0 Å². The van der Waals surface area contributed by atoms with Crippen LogP contribution in [0.4, 0.5) is 0 Å². The van der Waals surface area contributed by atoms with Gasteiger partial charge in [-0.05, 0) is 28.1 Å². The van der Waals surface area contributed by atoms with Crippen LogP contribution in [-0.2, 0) is 4.74 Å². The largest absolute Gasteiger partial charge is 0.493 e. The smallest absolute Gasteiger partial charge is 0.339 e. The van der Waals surface area contributed by atoms with Crippen molar-refractivity contribution < 1.29 is 19.0 Å². The van der Waals surface area contributed by atoms with Gasteiger partial charge >= 0.3 is 5.97 Å². The molecule has 0 aliphatic heterocycles. The zero-order valence-electron chi connectivity index (χ0n) is 8.67. The van der Waals surface area contributed by atoms with Crippen LogP contribution in [0, 0.1) is 0 Å². The summed E-state index contributed by atoms with van der Waals surface area (Å²) in [4.78, 5) is 11.4. The van der Waals surface area contributed by atoms with Gasteiger partial charge in [-0.2, -0.15) is 0 Å². The molecule has 0 aliphatic rings. The number of halogens is 1. The lowest BCUT2D eigenvalue weighted by Crippen LogP contribution is -2.04. The Morgan fingerprint density at radius 3 is 2.33 bits per heavy atom. The van der Waals surface area contributed by atoms with E-state index in [0.29, 0.717) is 21.5 Å². The minimum Gasteiger partial charge on any atom is -0.493 e. The number of methoxy groups -OCH3 is 3. The molecule has 0 aromatic heterocycles. The van der Waals surface area contributed by atoms with E-state index >= 15 is 0 Å². The highest BCUT2D eigenvalue weighted by Gasteiger charge is 2.17. The molecule has 1 rings (SSSR count). The summed E-state index contributed by atoms with van der Waals surface area (Å²) in [5, 5.41) is 0. The maximum atomic E-state index is 11.4. The number of benzene rings is 1. The SMILES string of the molecule is COC(=O)c1ccc(OC)c(OC)c1Br. The average molecular weight is 275 g/mol. The summed E-state index contributed by atoms with van der Waals surface area (Å²) in [6.07, 6.45) is 0. The molecular weight excluding hydrogens is 264 g/mol. The lowest BCUT2D eigenvalue weighted by molar-refractivity contribution is 0.0599. The Morgan fingerprint density at radius 1 is 1.20 bits per heavy atom. The third kappa shape index (κ3) is 2.23. The summed E-state index contributed by atoms with van der Waals surface area (Å²) in [7, 11) is 4.36. The van der Waals surface area contributed by atoms with Gasteiger partial charge in [-0.15, -0.1) is 0 Å². The zero-order chi connectivity index (χ0) is 11.4. The summed E-state index contributed by atoms with van der Waals surface area (Å²) in [5.74, 6) is 0.597. The third-order valence-corrected chi connectivity index (χ3v) is 2.68. The van der Waals surface area contributed by atoms with Gasteiger partial charge < -0.3 is 14.2 Å². The normalized spacial score (nSPS) is 9.60. The molecule has 0 radical (unpaired) electrons. The number of carbonyl (C=O) groups excluding carboxylic acids is 1. The molecule has 0 N–H and O–H groups in total. The molecule has 5 heteroatoms. The molecule has 1 aromatic carbocycles. The molecule has 0 spiro atoms. The lowest BCUT2D eigenvalue weighted by Gasteiger charge is -2.11. The second-order valence-electron chi connectivity index (χ2n) is 2.65. The summed E-state index contributed by atoms with van der Waals surface area (Å²) in [5.41, 5.74) is 0.398. The summed E-state index contributed by atoms with van der Waals surface area (Å²) in [6.45, 7) is 0. The van der Waals surface area contributed by atoms with Crippen LogP contribution in [0.15, 0.2) is 16.6 Å². The fourth-order valence-corrected chi connectivity index (χ4v) is 1.81. The molecule has 1 aromatic rings. The van der Waals surface area contributed by atoms with Crippen molar-refractivity contribution in [3.05, 3.63) is 22.2 Å². The Bertz CT molecular complexity index is 376. The van der Waals surface area contributed by atoms with Gasteiger partial charge in [0.05, 0.1) is 31.4 Å². The van der Waals surface area contributed by atoms with Crippen molar-refractivity contribution >= 4 is 21.9 Å². The van der Waals surface area contributed by atoms with Gasteiger partial charge in [-0.25, -0.2) is 4.79 Å². The van der Waals surface area contributed by atoms with E-state index in [4.69, 9.17) is 9.47 Å². The Balaban J connectivity index is 3.29. The predicted octanol–water partition coefficient (Wildman–Crippen LogP) is 2.25. The molecule has 0 aliphatic carbocycles. The second-order valence-corrected chi connectivity index (χ2v) is 3.45. The number of hydrogen-bond acceptors (Lipinski definition) is 4. The van der Waals surface area contributed by atoms with Crippen molar-refractivity contribution in [2.45, 2.75) is 0 Å². The number of esters is 1. The van der Waals surface area contributed by atoms with Crippen molar-refractivity contribution in [1.82, 2.24) is 0 Å². The number of hydrogen-bond donors (Lipinski definition) is 0. The number of rotatable bonds is 3. The van der Waals surface area contributed by atoms with E-state index in [0.717, 1.165) is 0 Å². The van der Waals surface area contributed by atoms with Gasteiger partial charge in [0, 0.05) is 0 Å². The Hall–Kier alpha value is -1.23. The van der Waals surface area contributed by atoms with Crippen LogP contribution in [0.25, 0.3) is 0 Å². The van der Waals surface area contributed by atoms with E-state index in [-0.39, 0.29) is 0 Å². The monoisotopic (exact) mass is 274 g/mol. The third-order valence-electron chi connectivity index (χ3n) is 1.89. The van der Waals surface area contributed by atoms with E-state index in [9.17, 15) is 4.79 Å². The molecule has 15 heavy (non-hydrogen) atoms. The molecule has 0 amide bonds. The van der Waals surface area contributed by atoms with Gasteiger partial charge in [-0.3, -0.25) is 0 Å². The van der Waals surface area contributed by atoms with Crippen molar-refractivity contribution in [3.63, 3.8) is 0 Å². The van der Waals surface area contributed by atoms with Gasteiger partial charge in [0.25, 0.3) is 0 Å². The van der Waals surface area contributed by atoms with Crippen LogP contribution >= 0.6 is 15.9 Å². The molecule has 4 nitrogen and oxygen atoms in total. The van der Waals surface area contributed by atoms with E-state index < -0.39 is 5.97 Å². The molecule has 0 saturated heterocycles. The lowest BCUT2D eigenvalue weighted by atomic mass is 10.2. The highest BCUT2D eigenvalue weighted by molar-refractivity contribution is 9.10. The summed E-state index contributed by atoms with van der Waals surface area (Å²) >= 11 is 3.27. The van der Waals surface area contributed by atoms with Crippen LogP contribution in [0.5, 0.6) is 11.5 Å². The van der Waals surface area contributed by atoms with Gasteiger partial charge in [0.15, 0.2) is 11.5 Å². The molecule has 82 valence electrons. The standard InChI is InChI=1S/C10H11BrO4/c1-13-7-5-4-6(10(12)15-3)8(11)9(7)14-2/h4-5H,1-3H3. The molecule has 0 unspecified atom stereocenters.